The van der Waals surface area contributed by atoms with E-state index in [1.165, 1.54) is 0 Å². The molecule has 0 N–H and O–H groups in total. The number of furan rings is 1. The number of rotatable bonds is 7. The first-order chi connectivity index (χ1) is 14.3. The molecule has 0 aliphatic heterocycles. The molecule has 0 saturated heterocycles. The van der Waals surface area contributed by atoms with Crippen LogP contribution in [0.2, 0.25) is 0 Å². The van der Waals surface area contributed by atoms with Gasteiger partial charge in [-0.05, 0) is 41.5 Å². The Hall–Kier alpha value is -3.68. The fraction of sp³-hybridized carbons (Fsp3) is 0.238. The normalized spacial score (nSPS) is 13.5. The number of para-hydroxylation sites is 2. The van der Waals surface area contributed by atoms with Crippen molar-refractivity contribution in [2.75, 3.05) is 0 Å². The number of carbonyl (C=O) groups excluding carboxylic acids is 1. The molecule has 4 aromatic rings. The van der Waals surface area contributed by atoms with Crippen LogP contribution in [-0.4, -0.2) is 26.2 Å². The van der Waals surface area contributed by atoms with Crippen molar-refractivity contribution in [3.63, 3.8) is 0 Å². The van der Waals surface area contributed by atoms with E-state index >= 15 is 0 Å². The zero-order valence-electron chi connectivity index (χ0n) is 15.5. The lowest BCUT2D eigenvalue weighted by Gasteiger charge is -2.07. The van der Waals surface area contributed by atoms with Gasteiger partial charge in [0, 0.05) is 5.39 Å². The molecule has 1 fully saturated rings. The summed E-state index contributed by atoms with van der Waals surface area (Å²) in [5, 5.41) is 12.4. The van der Waals surface area contributed by atoms with E-state index in [1.807, 2.05) is 54.6 Å². The molecule has 29 heavy (non-hydrogen) atoms. The maximum absolute atomic E-state index is 12.8. The van der Waals surface area contributed by atoms with E-state index in [1.54, 1.807) is 4.68 Å². The molecule has 2 aromatic heterocycles. The van der Waals surface area contributed by atoms with Gasteiger partial charge in [0.2, 0.25) is 5.76 Å². The lowest BCUT2D eigenvalue weighted by Crippen LogP contribution is -2.11. The quantitative estimate of drug-likeness (QED) is 0.444. The molecule has 1 aliphatic rings. The van der Waals surface area contributed by atoms with Crippen molar-refractivity contribution in [3.05, 3.63) is 71.7 Å². The minimum Gasteiger partial charge on any atom is -0.489 e. The largest absolute Gasteiger partial charge is 0.489 e. The van der Waals surface area contributed by atoms with Crippen LogP contribution < -0.4 is 4.74 Å². The topological polar surface area (TPSA) is 92.3 Å². The Morgan fingerprint density at radius 3 is 2.69 bits per heavy atom. The number of hydrogen-bond acceptors (Lipinski definition) is 7. The summed E-state index contributed by atoms with van der Waals surface area (Å²) in [5.41, 5.74) is 1.25. The van der Waals surface area contributed by atoms with Gasteiger partial charge >= 0.3 is 5.97 Å². The van der Waals surface area contributed by atoms with Crippen LogP contribution in [0.25, 0.3) is 11.0 Å². The molecule has 0 unspecified atom stereocenters. The van der Waals surface area contributed by atoms with Crippen LogP contribution in [0.5, 0.6) is 5.75 Å². The highest BCUT2D eigenvalue weighted by atomic mass is 16.5. The highest BCUT2D eigenvalue weighted by molar-refractivity contribution is 5.96. The number of esters is 1. The second-order valence-corrected chi connectivity index (χ2v) is 6.85. The van der Waals surface area contributed by atoms with Gasteiger partial charge in [-0.1, -0.05) is 36.4 Å². The van der Waals surface area contributed by atoms with Gasteiger partial charge in [0.05, 0.1) is 11.6 Å². The smallest absolute Gasteiger partial charge is 0.375 e. The minimum atomic E-state index is -0.571. The molecular formula is C21H18N4O4. The lowest BCUT2D eigenvalue weighted by molar-refractivity contribution is 0.0418. The van der Waals surface area contributed by atoms with E-state index in [4.69, 9.17) is 13.9 Å². The maximum Gasteiger partial charge on any atom is 0.375 e. The van der Waals surface area contributed by atoms with E-state index in [-0.39, 0.29) is 19.0 Å². The maximum atomic E-state index is 12.8. The average Bonchev–Trinajstić information content (AvgIpc) is 3.38. The lowest BCUT2D eigenvalue weighted by atomic mass is 10.1. The van der Waals surface area contributed by atoms with E-state index in [9.17, 15) is 4.79 Å². The van der Waals surface area contributed by atoms with Gasteiger partial charge in [0.1, 0.15) is 17.9 Å². The average molecular weight is 390 g/mol. The predicted molar refractivity (Wildman–Crippen MR) is 102 cm³/mol. The minimum absolute atomic E-state index is 0.0155. The van der Waals surface area contributed by atoms with Gasteiger partial charge in [-0.25, -0.2) is 9.48 Å². The van der Waals surface area contributed by atoms with Crippen molar-refractivity contribution < 1.29 is 18.7 Å². The molecule has 5 rings (SSSR count). The summed E-state index contributed by atoms with van der Waals surface area (Å²) in [7, 11) is 0. The molecule has 0 amide bonds. The number of tetrazole rings is 1. The number of ether oxygens (including phenoxy) is 2. The van der Waals surface area contributed by atoms with Crippen molar-refractivity contribution in [2.24, 2.45) is 0 Å². The van der Waals surface area contributed by atoms with Crippen molar-refractivity contribution in [3.8, 4) is 5.75 Å². The van der Waals surface area contributed by atoms with E-state index in [0.717, 1.165) is 18.2 Å². The highest BCUT2D eigenvalue weighted by Crippen LogP contribution is 2.34. The van der Waals surface area contributed by atoms with Crippen LogP contribution >= 0.6 is 0 Å². The molecule has 2 aromatic carbocycles. The molecule has 8 nitrogen and oxygen atoms in total. The zero-order valence-corrected chi connectivity index (χ0v) is 15.5. The Balaban J connectivity index is 1.38. The zero-order chi connectivity index (χ0) is 19.6. The van der Waals surface area contributed by atoms with Gasteiger partial charge in [-0.3, -0.25) is 0 Å². The van der Waals surface area contributed by atoms with Crippen LogP contribution in [0, 0.1) is 0 Å². The standard InChI is InChI=1S/C21H18N4O4/c26-21(28-13-19-22-23-24-25(19)14-10-11-14)20-17(12-27-15-6-2-1-3-7-15)16-8-4-5-9-18(16)29-20/h1-9,14H,10-13H2. The molecule has 8 heteroatoms. The number of benzene rings is 2. The Morgan fingerprint density at radius 2 is 1.86 bits per heavy atom. The molecule has 0 spiro atoms. The summed E-state index contributed by atoms with van der Waals surface area (Å²) in [6, 6.07) is 17.2. The van der Waals surface area contributed by atoms with Crippen LogP contribution in [0.3, 0.4) is 0 Å². The summed E-state index contributed by atoms with van der Waals surface area (Å²) in [4.78, 5) is 12.8. The van der Waals surface area contributed by atoms with Gasteiger partial charge < -0.3 is 13.9 Å². The fourth-order valence-electron chi connectivity index (χ4n) is 3.18. The Labute approximate surface area is 166 Å². The van der Waals surface area contributed by atoms with Gasteiger partial charge in [-0.15, -0.1) is 5.10 Å². The number of aromatic nitrogens is 4. The Morgan fingerprint density at radius 1 is 1.07 bits per heavy atom. The molecule has 1 aliphatic carbocycles. The first-order valence-corrected chi connectivity index (χ1v) is 9.42. The first kappa shape index (κ1) is 17.4. The van der Waals surface area contributed by atoms with Gasteiger partial charge in [0.25, 0.3) is 0 Å². The second kappa shape index (κ2) is 7.38. The fourth-order valence-corrected chi connectivity index (χ4v) is 3.18. The van der Waals surface area contributed by atoms with Crippen LogP contribution in [0.1, 0.15) is 40.8 Å². The van der Waals surface area contributed by atoms with E-state index in [2.05, 4.69) is 15.5 Å². The molecule has 2 heterocycles. The van der Waals surface area contributed by atoms with Crippen molar-refractivity contribution in [1.82, 2.24) is 20.2 Å². The third-order valence-electron chi connectivity index (χ3n) is 4.80. The van der Waals surface area contributed by atoms with Gasteiger partial charge in [0.15, 0.2) is 12.4 Å². The third-order valence-corrected chi connectivity index (χ3v) is 4.80. The molecule has 1 saturated carbocycles. The highest BCUT2D eigenvalue weighted by Gasteiger charge is 2.29. The number of fused-ring (bicyclic) bond motifs is 1. The first-order valence-electron chi connectivity index (χ1n) is 9.42. The molecule has 146 valence electrons. The van der Waals surface area contributed by atoms with Crippen LogP contribution in [0.4, 0.5) is 0 Å². The molecule has 0 radical (unpaired) electrons. The SMILES string of the molecule is O=C(OCc1nnnn1C1CC1)c1oc2ccccc2c1COc1ccccc1. The number of hydrogen-bond donors (Lipinski definition) is 0. The van der Waals surface area contributed by atoms with Crippen molar-refractivity contribution in [2.45, 2.75) is 32.1 Å². The summed E-state index contributed by atoms with van der Waals surface area (Å²) < 4.78 is 18.8. The Kier molecular flexibility index (Phi) is 4.44. The summed E-state index contributed by atoms with van der Waals surface area (Å²) in [5.74, 6) is 0.797. The third kappa shape index (κ3) is 3.56. The van der Waals surface area contributed by atoms with E-state index in [0.29, 0.717) is 28.8 Å². The molecule has 0 atom stereocenters. The molecular weight excluding hydrogens is 372 g/mol. The monoisotopic (exact) mass is 390 g/mol. The number of nitrogens with zero attached hydrogens (tertiary/aromatic N) is 4. The molecule has 0 bridgehead atoms. The summed E-state index contributed by atoms with van der Waals surface area (Å²) in [6.45, 7) is 0.170. The Bertz CT molecular complexity index is 1150. The summed E-state index contributed by atoms with van der Waals surface area (Å²) in [6.07, 6.45) is 2.08. The van der Waals surface area contributed by atoms with Crippen molar-refractivity contribution >= 4 is 16.9 Å². The van der Waals surface area contributed by atoms with Gasteiger partial charge in [-0.2, -0.15) is 0 Å². The second-order valence-electron chi connectivity index (χ2n) is 6.85. The van der Waals surface area contributed by atoms with Crippen molar-refractivity contribution in [1.29, 1.82) is 0 Å². The van der Waals surface area contributed by atoms with Crippen LogP contribution in [-0.2, 0) is 18.0 Å². The van der Waals surface area contributed by atoms with E-state index < -0.39 is 5.97 Å². The number of carbonyl (C=O) groups is 1. The summed E-state index contributed by atoms with van der Waals surface area (Å²) >= 11 is 0. The predicted octanol–water partition coefficient (Wildman–Crippen LogP) is 3.69. The van der Waals surface area contributed by atoms with Crippen LogP contribution in [0.15, 0.2) is 59.0 Å².